The second-order valence-corrected chi connectivity index (χ2v) is 6.60. The van der Waals surface area contributed by atoms with Crippen LogP contribution in [0, 0.1) is 0 Å². The van der Waals surface area contributed by atoms with Crippen molar-refractivity contribution in [1.82, 2.24) is 15.5 Å². The van der Waals surface area contributed by atoms with Crippen LogP contribution in [0.5, 0.6) is 0 Å². The highest BCUT2D eigenvalue weighted by molar-refractivity contribution is 5.73. The highest BCUT2D eigenvalue weighted by atomic mass is 16.1. The molecule has 1 rings (SSSR count). The van der Waals surface area contributed by atoms with Gasteiger partial charge in [-0.25, -0.2) is 0 Å². The Morgan fingerprint density at radius 1 is 1.32 bits per heavy atom. The van der Waals surface area contributed by atoms with Crippen molar-refractivity contribution in [2.45, 2.75) is 52.1 Å². The minimum Gasteiger partial charge on any atom is -0.354 e. The highest BCUT2D eigenvalue weighted by Gasteiger charge is 2.20. The molecule has 1 saturated heterocycles. The summed E-state index contributed by atoms with van der Waals surface area (Å²) in [5.41, 5.74) is 1.37. The van der Waals surface area contributed by atoms with Gasteiger partial charge in [-0.15, -0.1) is 0 Å². The van der Waals surface area contributed by atoms with E-state index in [2.05, 4.69) is 42.9 Å². The van der Waals surface area contributed by atoms with Crippen LogP contribution >= 0.6 is 0 Å². The maximum Gasteiger partial charge on any atom is 0.217 e. The third kappa shape index (κ3) is 7.33. The van der Waals surface area contributed by atoms with Crippen LogP contribution < -0.4 is 10.6 Å². The minimum atomic E-state index is 0.0808. The van der Waals surface area contributed by atoms with E-state index in [0.717, 1.165) is 39.0 Å². The van der Waals surface area contributed by atoms with Gasteiger partial charge in [0.2, 0.25) is 5.91 Å². The number of carbonyl (C=O) groups is 1. The number of carbonyl (C=O) groups excluding carboxylic acids is 1. The second-order valence-electron chi connectivity index (χ2n) is 6.60. The summed E-state index contributed by atoms with van der Waals surface area (Å²) in [6.07, 6.45) is 2.08. The Morgan fingerprint density at radius 2 is 1.89 bits per heavy atom. The van der Waals surface area contributed by atoms with Gasteiger partial charge >= 0.3 is 0 Å². The average molecular weight is 267 g/mol. The number of nitrogens with zero attached hydrogens (tertiary/aromatic N) is 1. The molecule has 0 aromatic heterocycles. The van der Waals surface area contributed by atoms with Crippen molar-refractivity contribution in [1.29, 1.82) is 0 Å². The van der Waals surface area contributed by atoms with E-state index in [1.54, 1.807) is 6.92 Å². The van der Waals surface area contributed by atoms with Gasteiger partial charge in [-0.3, -0.25) is 9.69 Å². The molecule has 1 heterocycles. The van der Waals surface area contributed by atoms with Gasteiger partial charge in [0.05, 0.1) is 0 Å². The number of rotatable bonds is 5. The summed E-state index contributed by atoms with van der Waals surface area (Å²) < 4.78 is 0. The van der Waals surface area contributed by atoms with Crippen LogP contribution in [-0.2, 0) is 4.79 Å². The zero-order valence-electron chi connectivity index (χ0n) is 12.9. The van der Waals surface area contributed by atoms with Crippen LogP contribution in [0.15, 0.2) is 12.2 Å². The lowest BCUT2D eigenvalue weighted by molar-refractivity contribution is -0.119. The van der Waals surface area contributed by atoms with E-state index in [1.807, 2.05) is 0 Å². The average Bonchev–Trinajstić information content (AvgIpc) is 2.28. The molecule has 0 aromatic carbocycles. The molecular weight excluding hydrogens is 238 g/mol. The van der Waals surface area contributed by atoms with E-state index in [-0.39, 0.29) is 11.4 Å². The van der Waals surface area contributed by atoms with Crippen molar-refractivity contribution < 1.29 is 4.79 Å². The molecule has 0 saturated carbocycles. The van der Waals surface area contributed by atoms with Gasteiger partial charge in [0.1, 0.15) is 0 Å². The molecule has 0 spiro atoms. The Hall–Kier alpha value is -0.870. The van der Waals surface area contributed by atoms with E-state index in [9.17, 15) is 4.79 Å². The van der Waals surface area contributed by atoms with E-state index in [1.165, 1.54) is 5.57 Å². The van der Waals surface area contributed by atoms with Crippen LogP contribution in [0.1, 0.15) is 40.5 Å². The molecule has 0 radical (unpaired) electrons. The summed E-state index contributed by atoms with van der Waals surface area (Å²) in [6, 6.07) is 0.356. The molecular formula is C15H29N3O. The fourth-order valence-corrected chi connectivity index (χ4v) is 2.29. The first-order valence-corrected chi connectivity index (χ1v) is 7.17. The van der Waals surface area contributed by atoms with E-state index < -0.39 is 0 Å². The molecule has 0 unspecified atom stereocenters. The predicted octanol–water partition coefficient (Wildman–Crippen LogP) is 1.53. The third-order valence-corrected chi connectivity index (χ3v) is 3.31. The molecule has 1 fully saturated rings. The van der Waals surface area contributed by atoms with Gasteiger partial charge in [0.25, 0.3) is 0 Å². The van der Waals surface area contributed by atoms with E-state index in [4.69, 9.17) is 0 Å². The quantitative estimate of drug-likeness (QED) is 0.743. The lowest BCUT2D eigenvalue weighted by Gasteiger charge is -2.33. The van der Waals surface area contributed by atoms with Gasteiger partial charge in [0, 0.05) is 44.7 Å². The number of likely N-dealkylation sites (tertiary alicyclic amines) is 1. The maximum absolute atomic E-state index is 11.0. The van der Waals surface area contributed by atoms with Crippen LogP contribution in [0.4, 0.5) is 0 Å². The fraction of sp³-hybridized carbons (Fsp3) is 0.800. The van der Waals surface area contributed by atoms with Gasteiger partial charge in [-0.05, 0) is 39.2 Å². The Bertz CT molecular complexity index is 312. The van der Waals surface area contributed by atoms with Crippen LogP contribution in [0.3, 0.4) is 0 Å². The summed E-state index contributed by atoms with van der Waals surface area (Å²) in [5, 5.41) is 6.46. The molecule has 0 aromatic rings. The first kappa shape index (κ1) is 16.2. The van der Waals surface area contributed by atoms with Crippen molar-refractivity contribution in [3.05, 3.63) is 12.2 Å². The maximum atomic E-state index is 11.0. The zero-order valence-corrected chi connectivity index (χ0v) is 12.9. The van der Waals surface area contributed by atoms with Gasteiger partial charge in [-0.2, -0.15) is 0 Å². The molecule has 0 aliphatic carbocycles. The Balaban J connectivity index is 2.21. The van der Waals surface area contributed by atoms with E-state index in [0.29, 0.717) is 6.04 Å². The highest BCUT2D eigenvalue weighted by Crippen LogP contribution is 2.11. The van der Waals surface area contributed by atoms with Crippen molar-refractivity contribution in [2.24, 2.45) is 0 Å². The van der Waals surface area contributed by atoms with Crippen molar-refractivity contribution >= 4 is 5.91 Å². The van der Waals surface area contributed by atoms with Gasteiger partial charge in [0.15, 0.2) is 0 Å². The van der Waals surface area contributed by atoms with E-state index >= 15 is 0 Å². The summed E-state index contributed by atoms with van der Waals surface area (Å²) >= 11 is 0. The molecule has 19 heavy (non-hydrogen) atoms. The molecule has 110 valence electrons. The third-order valence-electron chi connectivity index (χ3n) is 3.31. The smallest absolute Gasteiger partial charge is 0.217 e. The fourth-order valence-electron chi connectivity index (χ4n) is 2.29. The van der Waals surface area contributed by atoms with Crippen molar-refractivity contribution in [2.75, 3.05) is 26.2 Å². The summed E-state index contributed by atoms with van der Waals surface area (Å²) in [5.74, 6) is 0.0808. The topological polar surface area (TPSA) is 44.4 Å². The zero-order chi connectivity index (χ0) is 14.5. The summed E-state index contributed by atoms with van der Waals surface area (Å²) in [4.78, 5) is 13.4. The number of piperidine rings is 1. The SMILES string of the molecule is C=C(CNC(C)(C)C)CN1CCC(NC(C)=O)CC1. The first-order chi connectivity index (χ1) is 8.76. The standard InChI is InChI=1S/C15H29N3O/c1-12(10-16-15(3,4)5)11-18-8-6-14(7-9-18)17-13(2)19/h14,16H,1,6-11H2,2-5H3,(H,17,19). The molecule has 0 atom stereocenters. The number of amides is 1. The monoisotopic (exact) mass is 267 g/mol. The molecule has 1 aliphatic heterocycles. The molecule has 4 nitrogen and oxygen atoms in total. The summed E-state index contributed by atoms with van der Waals surface area (Å²) in [6.45, 7) is 16.1. The minimum absolute atomic E-state index is 0.0808. The molecule has 1 aliphatic rings. The van der Waals surface area contributed by atoms with Crippen molar-refractivity contribution in [3.63, 3.8) is 0 Å². The van der Waals surface area contributed by atoms with Crippen LogP contribution in [0.25, 0.3) is 0 Å². The normalized spacial score (nSPS) is 18.3. The number of nitrogens with one attached hydrogen (secondary N) is 2. The largest absolute Gasteiger partial charge is 0.354 e. The lowest BCUT2D eigenvalue weighted by atomic mass is 10.0. The van der Waals surface area contributed by atoms with Crippen LogP contribution in [0.2, 0.25) is 0 Å². The lowest BCUT2D eigenvalue weighted by Crippen LogP contribution is -2.45. The van der Waals surface area contributed by atoms with Gasteiger partial charge in [-0.1, -0.05) is 6.58 Å². The molecule has 2 N–H and O–H groups in total. The molecule has 1 amide bonds. The number of hydrogen-bond acceptors (Lipinski definition) is 3. The number of hydrogen-bond donors (Lipinski definition) is 2. The molecule has 4 heteroatoms. The second kappa shape index (κ2) is 7.06. The summed E-state index contributed by atoms with van der Waals surface area (Å²) in [7, 11) is 0. The predicted molar refractivity (Wildman–Crippen MR) is 80.2 cm³/mol. The first-order valence-electron chi connectivity index (χ1n) is 7.17. The Labute approximate surface area is 117 Å². The van der Waals surface area contributed by atoms with Crippen LogP contribution in [-0.4, -0.2) is 48.6 Å². The van der Waals surface area contributed by atoms with Gasteiger partial charge < -0.3 is 10.6 Å². The molecule has 0 bridgehead atoms. The Morgan fingerprint density at radius 3 is 2.37 bits per heavy atom. The van der Waals surface area contributed by atoms with Crippen molar-refractivity contribution in [3.8, 4) is 0 Å². The Kier molecular flexibility index (Phi) is 6.01.